The lowest BCUT2D eigenvalue weighted by Crippen LogP contribution is -2.07. The molecular weight excluding hydrogens is 281 g/mol. The van der Waals surface area contributed by atoms with Gasteiger partial charge < -0.3 is 10.6 Å². The lowest BCUT2D eigenvalue weighted by molar-refractivity contribution is 0.382. The van der Waals surface area contributed by atoms with Crippen molar-refractivity contribution in [2.75, 3.05) is 17.7 Å². The molecule has 0 aliphatic heterocycles. The Kier molecular flexibility index (Phi) is 3.73. The van der Waals surface area contributed by atoms with Crippen LogP contribution in [0.15, 0.2) is 18.3 Å². The highest BCUT2D eigenvalue weighted by molar-refractivity contribution is 5.63. The molecule has 1 aromatic heterocycles. The SMILES string of the molecule is CNc1cc(Nc2c(F)c(F)c(F)c(F)c2F)ccn1. The fourth-order valence-electron chi connectivity index (χ4n) is 1.50. The maximum absolute atomic E-state index is 13.5. The predicted octanol–water partition coefficient (Wildman–Crippen LogP) is 3.56. The summed E-state index contributed by atoms with van der Waals surface area (Å²) in [5.41, 5.74) is -0.998. The minimum absolute atomic E-state index is 0.118. The van der Waals surface area contributed by atoms with Crippen LogP contribution in [0.5, 0.6) is 0 Å². The van der Waals surface area contributed by atoms with Gasteiger partial charge in [-0.15, -0.1) is 0 Å². The highest BCUT2D eigenvalue weighted by Crippen LogP contribution is 2.29. The van der Waals surface area contributed by atoms with Gasteiger partial charge in [0.15, 0.2) is 23.3 Å². The Bertz CT molecular complexity index is 631. The number of nitrogens with zero attached hydrogens (tertiary/aromatic N) is 1. The molecular formula is C12H8F5N3. The minimum Gasteiger partial charge on any atom is -0.373 e. The van der Waals surface area contributed by atoms with E-state index >= 15 is 0 Å². The quantitative estimate of drug-likeness (QED) is 0.515. The first-order valence-electron chi connectivity index (χ1n) is 5.38. The molecule has 0 saturated carbocycles. The van der Waals surface area contributed by atoms with Crippen LogP contribution in [0, 0.1) is 29.1 Å². The van der Waals surface area contributed by atoms with Gasteiger partial charge in [-0.1, -0.05) is 0 Å². The van der Waals surface area contributed by atoms with Crippen LogP contribution >= 0.6 is 0 Å². The van der Waals surface area contributed by atoms with Gasteiger partial charge in [0.2, 0.25) is 5.82 Å². The summed E-state index contributed by atoms with van der Waals surface area (Å²) in [6.07, 6.45) is 1.31. The molecule has 106 valence electrons. The number of anilines is 3. The first-order valence-corrected chi connectivity index (χ1v) is 5.38. The van der Waals surface area contributed by atoms with E-state index in [-0.39, 0.29) is 5.69 Å². The van der Waals surface area contributed by atoms with Gasteiger partial charge in [0.1, 0.15) is 11.5 Å². The number of hydrogen-bond acceptors (Lipinski definition) is 3. The molecule has 1 aromatic carbocycles. The molecule has 0 amide bonds. The highest BCUT2D eigenvalue weighted by Gasteiger charge is 2.25. The van der Waals surface area contributed by atoms with Gasteiger partial charge in [-0.25, -0.2) is 26.9 Å². The van der Waals surface area contributed by atoms with E-state index in [0.29, 0.717) is 5.82 Å². The van der Waals surface area contributed by atoms with Crippen molar-refractivity contribution in [3.63, 3.8) is 0 Å². The molecule has 0 atom stereocenters. The van der Waals surface area contributed by atoms with Crippen molar-refractivity contribution >= 4 is 17.2 Å². The van der Waals surface area contributed by atoms with Crippen LogP contribution in [0.25, 0.3) is 0 Å². The Morgan fingerprint density at radius 1 is 0.900 bits per heavy atom. The lowest BCUT2D eigenvalue weighted by atomic mass is 10.2. The topological polar surface area (TPSA) is 37.0 Å². The van der Waals surface area contributed by atoms with E-state index in [1.54, 1.807) is 7.05 Å². The minimum atomic E-state index is -2.20. The Hall–Kier alpha value is -2.38. The molecule has 2 N–H and O–H groups in total. The van der Waals surface area contributed by atoms with Crippen LogP contribution in [-0.4, -0.2) is 12.0 Å². The first-order chi connectivity index (χ1) is 9.45. The predicted molar refractivity (Wildman–Crippen MR) is 63.3 cm³/mol. The van der Waals surface area contributed by atoms with Crippen molar-refractivity contribution < 1.29 is 22.0 Å². The van der Waals surface area contributed by atoms with Crippen molar-refractivity contribution in [3.05, 3.63) is 47.4 Å². The van der Waals surface area contributed by atoms with Crippen LogP contribution in [0.2, 0.25) is 0 Å². The van der Waals surface area contributed by atoms with Crippen molar-refractivity contribution in [1.29, 1.82) is 0 Å². The number of rotatable bonds is 3. The summed E-state index contributed by atoms with van der Waals surface area (Å²) < 4.78 is 65.8. The molecule has 0 radical (unpaired) electrons. The molecule has 8 heteroatoms. The van der Waals surface area contributed by atoms with E-state index in [2.05, 4.69) is 15.6 Å². The molecule has 2 rings (SSSR count). The summed E-state index contributed by atoms with van der Waals surface area (Å²) in [6, 6.07) is 2.66. The summed E-state index contributed by atoms with van der Waals surface area (Å²) in [5.74, 6) is -9.70. The van der Waals surface area contributed by atoms with Crippen LogP contribution < -0.4 is 10.6 Å². The van der Waals surface area contributed by atoms with E-state index in [9.17, 15) is 22.0 Å². The number of aromatic nitrogens is 1. The van der Waals surface area contributed by atoms with Gasteiger partial charge in [0.25, 0.3) is 0 Å². The van der Waals surface area contributed by atoms with Gasteiger partial charge in [-0.3, -0.25) is 0 Å². The van der Waals surface area contributed by atoms with Crippen molar-refractivity contribution in [2.45, 2.75) is 0 Å². The van der Waals surface area contributed by atoms with E-state index in [1.807, 2.05) is 0 Å². The van der Waals surface area contributed by atoms with Gasteiger partial charge in [-0.05, 0) is 6.07 Å². The monoisotopic (exact) mass is 289 g/mol. The molecule has 1 heterocycles. The Labute approximate surface area is 110 Å². The van der Waals surface area contributed by atoms with E-state index in [0.717, 1.165) is 0 Å². The fraction of sp³-hybridized carbons (Fsp3) is 0.0833. The lowest BCUT2D eigenvalue weighted by Gasteiger charge is -2.11. The Balaban J connectivity index is 2.48. The van der Waals surface area contributed by atoms with Crippen molar-refractivity contribution in [2.24, 2.45) is 0 Å². The second-order valence-corrected chi connectivity index (χ2v) is 3.75. The smallest absolute Gasteiger partial charge is 0.200 e. The van der Waals surface area contributed by atoms with Gasteiger partial charge >= 0.3 is 0 Å². The Morgan fingerprint density at radius 2 is 1.45 bits per heavy atom. The largest absolute Gasteiger partial charge is 0.373 e. The average Bonchev–Trinajstić information content (AvgIpc) is 2.48. The third-order valence-corrected chi connectivity index (χ3v) is 2.50. The zero-order valence-electron chi connectivity index (χ0n) is 10.1. The molecule has 0 unspecified atom stereocenters. The molecule has 0 aliphatic carbocycles. The molecule has 3 nitrogen and oxygen atoms in total. The van der Waals surface area contributed by atoms with Gasteiger partial charge in [0, 0.05) is 25.0 Å². The third-order valence-electron chi connectivity index (χ3n) is 2.50. The van der Waals surface area contributed by atoms with E-state index in [4.69, 9.17) is 0 Å². The third kappa shape index (κ3) is 2.36. The van der Waals surface area contributed by atoms with Gasteiger partial charge in [-0.2, -0.15) is 0 Å². The Morgan fingerprint density at radius 3 is 2.00 bits per heavy atom. The molecule has 0 fully saturated rings. The van der Waals surface area contributed by atoms with Crippen molar-refractivity contribution in [1.82, 2.24) is 4.98 Å². The van der Waals surface area contributed by atoms with E-state index in [1.165, 1.54) is 18.3 Å². The number of benzene rings is 1. The van der Waals surface area contributed by atoms with E-state index < -0.39 is 34.8 Å². The molecule has 0 saturated heterocycles. The zero-order chi connectivity index (χ0) is 14.9. The summed E-state index contributed by atoms with van der Waals surface area (Å²) in [6.45, 7) is 0. The number of nitrogens with one attached hydrogen (secondary N) is 2. The maximum atomic E-state index is 13.5. The summed E-state index contributed by atoms with van der Waals surface area (Å²) in [4.78, 5) is 3.85. The normalized spacial score (nSPS) is 10.5. The first kappa shape index (κ1) is 14.0. The summed E-state index contributed by atoms with van der Waals surface area (Å²) in [7, 11) is 1.56. The average molecular weight is 289 g/mol. The molecule has 0 spiro atoms. The molecule has 0 aliphatic rings. The zero-order valence-corrected chi connectivity index (χ0v) is 10.1. The molecule has 2 aromatic rings. The number of halogens is 5. The van der Waals surface area contributed by atoms with Crippen LogP contribution in [0.3, 0.4) is 0 Å². The summed E-state index contributed by atoms with van der Waals surface area (Å²) >= 11 is 0. The fourth-order valence-corrected chi connectivity index (χ4v) is 1.50. The van der Waals surface area contributed by atoms with Gasteiger partial charge in [0.05, 0.1) is 0 Å². The number of pyridine rings is 1. The molecule has 0 bridgehead atoms. The second kappa shape index (κ2) is 5.32. The van der Waals surface area contributed by atoms with Crippen LogP contribution in [0.1, 0.15) is 0 Å². The maximum Gasteiger partial charge on any atom is 0.200 e. The molecule has 20 heavy (non-hydrogen) atoms. The van der Waals surface area contributed by atoms with Crippen LogP contribution in [-0.2, 0) is 0 Å². The standard InChI is InChI=1S/C12H8F5N3/c1-18-6-4-5(2-3-19-6)20-12-10(16)8(14)7(13)9(15)11(12)17/h2-4H,1H3,(H2,18,19,20). The van der Waals surface area contributed by atoms with Crippen LogP contribution in [0.4, 0.5) is 39.1 Å². The van der Waals surface area contributed by atoms with Crippen molar-refractivity contribution in [3.8, 4) is 0 Å². The summed E-state index contributed by atoms with van der Waals surface area (Å²) in [5, 5.41) is 4.81. The number of hydrogen-bond donors (Lipinski definition) is 2. The highest BCUT2D eigenvalue weighted by atomic mass is 19.2. The second-order valence-electron chi connectivity index (χ2n) is 3.75.